The minimum atomic E-state index is -3.47. The number of unbranched alkanes of at least 4 members (excludes halogenated alkanes) is 1. The van der Waals surface area contributed by atoms with E-state index < -0.39 is 21.5 Å². The van der Waals surface area contributed by atoms with Crippen molar-refractivity contribution in [3.05, 3.63) is 0 Å². The van der Waals surface area contributed by atoms with Gasteiger partial charge in [0.2, 0.25) is 10.0 Å². The van der Waals surface area contributed by atoms with Crippen LogP contribution in [-0.4, -0.2) is 38.8 Å². The molecule has 8 heteroatoms. The summed E-state index contributed by atoms with van der Waals surface area (Å²) in [5.74, 6) is -0.478. The van der Waals surface area contributed by atoms with E-state index in [1.807, 2.05) is 6.92 Å². The van der Waals surface area contributed by atoms with Gasteiger partial charge in [-0.05, 0) is 32.1 Å². The number of ether oxygens (including phenoxy) is 1. The highest BCUT2D eigenvalue weighted by Crippen LogP contribution is 2.29. The third-order valence-electron chi connectivity index (χ3n) is 3.58. The highest BCUT2D eigenvalue weighted by Gasteiger charge is 2.45. The Kier molecular flexibility index (Phi) is 8.01. The lowest BCUT2D eigenvalue weighted by atomic mass is 9.80. The molecule has 1 rings (SSSR count). The second-order valence-corrected chi connectivity index (χ2v) is 7.03. The first kappa shape index (κ1) is 19.6. The SMILES string of the molecule is CCCCS(=O)(=O)N[C@]1(C(=O)OC)CC[C@H](N)CC1.Cl. The van der Waals surface area contributed by atoms with E-state index in [0.29, 0.717) is 32.1 Å². The van der Waals surface area contributed by atoms with E-state index >= 15 is 0 Å². The Labute approximate surface area is 127 Å². The number of hydrogen-bond donors (Lipinski definition) is 2. The topological polar surface area (TPSA) is 98.5 Å². The normalized spacial score (nSPS) is 26.6. The summed E-state index contributed by atoms with van der Waals surface area (Å²) in [5, 5.41) is 0. The molecule has 0 unspecified atom stereocenters. The molecule has 0 aliphatic heterocycles. The minimum absolute atomic E-state index is 0. The summed E-state index contributed by atoms with van der Waals surface area (Å²) in [5.41, 5.74) is 4.68. The van der Waals surface area contributed by atoms with Crippen LogP contribution in [0.4, 0.5) is 0 Å². The van der Waals surface area contributed by atoms with Crippen LogP contribution in [0.5, 0.6) is 0 Å². The number of nitrogens with two attached hydrogens (primary N) is 1. The molecule has 0 radical (unpaired) electrons. The molecule has 0 atom stereocenters. The minimum Gasteiger partial charge on any atom is -0.468 e. The summed E-state index contributed by atoms with van der Waals surface area (Å²) in [6.45, 7) is 1.92. The zero-order chi connectivity index (χ0) is 14.5. The molecule has 1 fully saturated rings. The average molecular weight is 329 g/mol. The standard InChI is InChI=1S/C12H24N2O4S.ClH/c1-3-4-9-19(16,17)14-12(11(15)18-2)7-5-10(13)6-8-12;/h10,14H,3-9,13H2,1-2H3;1H/t10-,12+;. The molecule has 0 saturated heterocycles. The second-order valence-electron chi connectivity index (χ2n) is 5.19. The van der Waals surface area contributed by atoms with Crippen molar-refractivity contribution in [3.63, 3.8) is 0 Å². The van der Waals surface area contributed by atoms with Gasteiger partial charge < -0.3 is 10.5 Å². The van der Waals surface area contributed by atoms with Crippen LogP contribution in [0.1, 0.15) is 45.4 Å². The van der Waals surface area contributed by atoms with Gasteiger partial charge in [0.25, 0.3) is 0 Å². The van der Waals surface area contributed by atoms with Crippen molar-refractivity contribution in [2.45, 2.75) is 57.0 Å². The maximum atomic E-state index is 12.0. The molecular weight excluding hydrogens is 304 g/mol. The van der Waals surface area contributed by atoms with Gasteiger partial charge in [-0.1, -0.05) is 13.3 Å². The molecule has 1 saturated carbocycles. The Morgan fingerprint density at radius 2 is 1.95 bits per heavy atom. The fraction of sp³-hybridized carbons (Fsp3) is 0.917. The maximum Gasteiger partial charge on any atom is 0.327 e. The summed E-state index contributed by atoms with van der Waals surface area (Å²) < 4.78 is 31.4. The van der Waals surface area contributed by atoms with Gasteiger partial charge in [0.1, 0.15) is 5.54 Å². The number of methoxy groups -OCH3 is 1. The third kappa shape index (κ3) is 5.20. The van der Waals surface area contributed by atoms with Gasteiger partial charge >= 0.3 is 5.97 Å². The van der Waals surface area contributed by atoms with E-state index in [9.17, 15) is 13.2 Å². The van der Waals surface area contributed by atoms with Gasteiger partial charge in [-0.2, -0.15) is 4.72 Å². The molecular formula is C12H25ClN2O4S. The molecule has 0 heterocycles. The van der Waals surface area contributed by atoms with Crippen LogP contribution in [0.15, 0.2) is 0 Å². The first-order valence-corrected chi connectivity index (χ1v) is 8.36. The van der Waals surface area contributed by atoms with Crippen LogP contribution in [0.2, 0.25) is 0 Å². The van der Waals surface area contributed by atoms with Crippen molar-refractivity contribution in [3.8, 4) is 0 Å². The number of esters is 1. The molecule has 0 aromatic heterocycles. The number of carbonyl (C=O) groups excluding carboxylic acids is 1. The molecule has 1 aliphatic rings. The Morgan fingerprint density at radius 1 is 1.40 bits per heavy atom. The second kappa shape index (κ2) is 8.17. The van der Waals surface area contributed by atoms with Crippen molar-refractivity contribution < 1.29 is 17.9 Å². The number of carbonyl (C=O) groups is 1. The van der Waals surface area contributed by atoms with Gasteiger partial charge in [0, 0.05) is 6.04 Å². The Morgan fingerprint density at radius 3 is 2.40 bits per heavy atom. The first-order chi connectivity index (χ1) is 8.85. The number of sulfonamides is 1. The Balaban J connectivity index is 0.00000361. The molecule has 120 valence electrons. The molecule has 1 aliphatic carbocycles. The molecule has 20 heavy (non-hydrogen) atoms. The highest BCUT2D eigenvalue weighted by molar-refractivity contribution is 7.89. The fourth-order valence-corrected chi connectivity index (χ4v) is 4.01. The van der Waals surface area contributed by atoms with E-state index in [4.69, 9.17) is 10.5 Å². The van der Waals surface area contributed by atoms with Crippen LogP contribution in [0, 0.1) is 0 Å². The van der Waals surface area contributed by atoms with E-state index in [0.717, 1.165) is 6.42 Å². The Bertz CT molecular complexity index is 406. The molecule has 0 bridgehead atoms. The van der Waals surface area contributed by atoms with Crippen LogP contribution < -0.4 is 10.5 Å². The van der Waals surface area contributed by atoms with Crippen LogP contribution in [0.3, 0.4) is 0 Å². The first-order valence-electron chi connectivity index (χ1n) is 6.71. The molecule has 0 aromatic carbocycles. The molecule has 0 amide bonds. The zero-order valence-electron chi connectivity index (χ0n) is 12.1. The maximum absolute atomic E-state index is 12.0. The van der Waals surface area contributed by atoms with Crippen LogP contribution in [-0.2, 0) is 19.6 Å². The van der Waals surface area contributed by atoms with Gasteiger partial charge in [-0.15, -0.1) is 12.4 Å². The van der Waals surface area contributed by atoms with Crippen molar-refractivity contribution in [1.82, 2.24) is 4.72 Å². The average Bonchev–Trinajstić information content (AvgIpc) is 2.38. The number of nitrogens with one attached hydrogen (secondary N) is 1. The fourth-order valence-electron chi connectivity index (χ4n) is 2.36. The predicted octanol–water partition coefficient (Wildman–Crippen LogP) is 0.941. The van der Waals surface area contributed by atoms with E-state index in [1.165, 1.54) is 7.11 Å². The van der Waals surface area contributed by atoms with Gasteiger partial charge in [-0.25, -0.2) is 8.42 Å². The van der Waals surface area contributed by atoms with Crippen molar-refractivity contribution in [2.24, 2.45) is 5.73 Å². The summed E-state index contributed by atoms with van der Waals surface area (Å²) in [6, 6.07) is 0.0259. The monoisotopic (exact) mass is 328 g/mol. The largest absolute Gasteiger partial charge is 0.468 e. The van der Waals surface area contributed by atoms with Crippen molar-refractivity contribution in [1.29, 1.82) is 0 Å². The number of hydrogen-bond acceptors (Lipinski definition) is 5. The van der Waals surface area contributed by atoms with Gasteiger partial charge in [0.15, 0.2) is 0 Å². The summed E-state index contributed by atoms with van der Waals surface area (Å²) in [6.07, 6.45) is 3.39. The zero-order valence-corrected chi connectivity index (χ0v) is 13.7. The lowest BCUT2D eigenvalue weighted by Crippen LogP contribution is -2.58. The third-order valence-corrected chi connectivity index (χ3v) is 5.11. The van der Waals surface area contributed by atoms with E-state index in [2.05, 4.69) is 4.72 Å². The van der Waals surface area contributed by atoms with Gasteiger partial charge in [0.05, 0.1) is 12.9 Å². The number of rotatable bonds is 6. The highest BCUT2D eigenvalue weighted by atomic mass is 35.5. The predicted molar refractivity (Wildman–Crippen MR) is 80.3 cm³/mol. The van der Waals surface area contributed by atoms with Crippen LogP contribution in [0.25, 0.3) is 0 Å². The smallest absolute Gasteiger partial charge is 0.327 e. The lowest BCUT2D eigenvalue weighted by Gasteiger charge is -2.37. The van der Waals surface area contributed by atoms with E-state index in [-0.39, 0.29) is 24.2 Å². The summed E-state index contributed by atoms with van der Waals surface area (Å²) in [7, 11) is -2.19. The molecule has 6 nitrogen and oxygen atoms in total. The Hall–Kier alpha value is -0.370. The van der Waals surface area contributed by atoms with Crippen LogP contribution >= 0.6 is 12.4 Å². The molecule has 3 N–H and O–H groups in total. The molecule has 0 aromatic rings. The van der Waals surface area contributed by atoms with Crippen molar-refractivity contribution >= 4 is 28.4 Å². The summed E-state index contributed by atoms with van der Waals surface area (Å²) >= 11 is 0. The van der Waals surface area contributed by atoms with E-state index in [1.54, 1.807) is 0 Å². The van der Waals surface area contributed by atoms with Crippen molar-refractivity contribution in [2.75, 3.05) is 12.9 Å². The quantitative estimate of drug-likeness (QED) is 0.707. The molecule has 0 spiro atoms. The lowest BCUT2D eigenvalue weighted by molar-refractivity contribution is -0.149. The summed E-state index contributed by atoms with van der Waals surface area (Å²) in [4.78, 5) is 12.0. The number of halogens is 1. The van der Waals surface area contributed by atoms with Gasteiger partial charge in [-0.3, -0.25) is 4.79 Å².